The summed E-state index contributed by atoms with van der Waals surface area (Å²) < 4.78 is 12.8. The third-order valence-electron chi connectivity index (χ3n) is 5.21. The van der Waals surface area contributed by atoms with Crippen LogP contribution in [0.3, 0.4) is 0 Å². The second-order valence-corrected chi connectivity index (χ2v) is 9.83. The van der Waals surface area contributed by atoms with Crippen molar-refractivity contribution in [2.75, 3.05) is 6.61 Å². The van der Waals surface area contributed by atoms with Crippen LogP contribution >= 0.6 is 34.4 Å². The van der Waals surface area contributed by atoms with Crippen molar-refractivity contribution in [3.05, 3.63) is 97.5 Å². The molecule has 3 aromatic rings. The maximum Gasteiger partial charge on any atom is 0.293 e. The fourth-order valence-electron chi connectivity index (χ4n) is 3.47. The van der Waals surface area contributed by atoms with Crippen molar-refractivity contribution in [3.63, 3.8) is 0 Å². The van der Waals surface area contributed by atoms with Gasteiger partial charge in [0.15, 0.2) is 11.5 Å². The predicted molar refractivity (Wildman–Crippen MR) is 144 cm³/mol. The van der Waals surface area contributed by atoms with E-state index in [1.165, 1.54) is 4.90 Å². The van der Waals surface area contributed by atoms with Crippen molar-refractivity contribution in [2.24, 2.45) is 0 Å². The van der Waals surface area contributed by atoms with E-state index in [0.717, 1.165) is 32.0 Å². The molecule has 2 amide bonds. The first kappa shape index (κ1) is 24.8. The van der Waals surface area contributed by atoms with Gasteiger partial charge in [-0.1, -0.05) is 36.4 Å². The van der Waals surface area contributed by atoms with Crippen LogP contribution < -0.4 is 9.47 Å². The van der Waals surface area contributed by atoms with E-state index in [2.05, 4.69) is 28.7 Å². The first-order chi connectivity index (χ1) is 17.0. The monoisotopic (exact) mass is 596 g/mol. The Labute approximate surface area is 221 Å². The van der Waals surface area contributed by atoms with Gasteiger partial charge in [0.1, 0.15) is 6.61 Å². The van der Waals surface area contributed by atoms with Crippen molar-refractivity contribution >= 4 is 51.6 Å². The van der Waals surface area contributed by atoms with Gasteiger partial charge >= 0.3 is 0 Å². The molecule has 0 N–H and O–H groups in total. The molecule has 0 spiro atoms. The zero-order valence-corrected chi connectivity index (χ0v) is 21.8. The van der Waals surface area contributed by atoms with Gasteiger partial charge < -0.3 is 9.47 Å². The molecule has 0 saturated carbocycles. The number of hydrogen-bond donors (Lipinski definition) is 0. The number of halogens is 1. The van der Waals surface area contributed by atoms with E-state index in [0.29, 0.717) is 28.6 Å². The van der Waals surface area contributed by atoms with E-state index in [1.54, 1.807) is 30.3 Å². The van der Waals surface area contributed by atoms with Crippen LogP contribution in [0, 0.1) is 14.9 Å². The molecule has 0 bridgehead atoms. The van der Waals surface area contributed by atoms with Crippen LogP contribution in [0.1, 0.15) is 29.2 Å². The Bertz CT molecular complexity index is 1330. The molecule has 1 aliphatic heterocycles. The standard InChI is InChI=1S/C27H21IN2O4S/c1-2-33-24-13-19(9-12-23(24)34-17-21-6-4-3-5-20(21)15-29)14-25-26(31)30(27(32)35-25)16-18-7-10-22(28)11-8-18/h3-14H,2,16-17H2,1H3/b25-14+. The average Bonchev–Trinajstić information content (AvgIpc) is 3.12. The zero-order valence-electron chi connectivity index (χ0n) is 18.9. The lowest BCUT2D eigenvalue weighted by Gasteiger charge is -2.13. The molecule has 4 rings (SSSR count). The van der Waals surface area contributed by atoms with Gasteiger partial charge in [0.05, 0.1) is 29.7 Å². The number of thioether (sulfide) groups is 1. The molecule has 3 aromatic carbocycles. The summed E-state index contributed by atoms with van der Waals surface area (Å²) in [6.07, 6.45) is 1.69. The number of ether oxygens (including phenoxy) is 2. The normalized spacial score (nSPS) is 14.3. The number of nitriles is 1. The second-order valence-electron chi connectivity index (χ2n) is 7.59. The SMILES string of the molecule is CCOc1cc(/C=C2/SC(=O)N(Cc3ccc(I)cc3)C2=O)ccc1OCc1ccccc1C#N. The first-order valence-electron chi connectivity index (χ1n) is 10.9. The minimum absolute atomic E-state index is 0.223. The molecule has 1 aliphatic rings. The van der Waals surface area contributed by atoms with Crippen LogP contribution in [0.4, 0.5) is 4.79 Å². The summed E-state index contributed by atoms with van der Waals surface area (Å²) in [6.45, 7) is 2.76. The summed E-state index contributed by atoms with van der Waals surface area (Å²) in [5.41, 5.74) is 2.96. The molecule has 35 heavy (non-hydrogen) atoms. The maximum absolute atomic E-state index is 12.9. The van der Waals surface area contributed by atoms with Crippen LogP contribution in [0.15, 0.2) is 71.6 Å². The van der Waals surface area contributed by atoms with Gasteiger partial charge in [0.2, 0.25) is 0 Å². The van der Waals surface area contributed by atoms with Crippen molar-refractivity contribution < 1.29 is 19.1 Å². The number of carbonyl (C=O) groups is 2. The topological polar surface area (TPSA) is 79.6 Å². The molecule has 176 valence electrons. The molecule has 0 atom stereocenters. The predicted octanol–water partition coefficient (Wildman–Crippen LogP) is 6.38. The Morgan fingerprint density at radius 1 is 1.03 bits per heavy atom. The average molecular weight is 596 g/mol. The zero-order chi connectivity index (χ0) is 24.8. The highest BCUT2D eigenvalue weighted by Crippen LogP contribution is 2.35. The van der Waals surface area contributed by atoms with Gasteiger partial charge in [-0.3, -0.25) is 14.5 Å². The van der Waals surface area contributed by atoms with E-state index in [-0.39, 0.29) is 24.3 Å². The Hall–Kier alpha value is -3.29. The van der Waals surface area contributed by atoms with Crippen LogP contribution in [-0.2, 0) is 17.9 Å². The van der Waals surface area contributed by atoms with Gasteiger partial charge in [-0.05, 0) is 88.8 Å². The highest BCUT2D eigenvalue weighted by molar-refractivity contribution is 14.1. The van der Waals surface area contributed by atoms with Crippen LogP contribution in [0.25, 0.3) is 6.08 Å². The van der Waals surface area contributed by atoms with Crippen LogP contribution in [0.2, 0.25) is 0 Å². The lowest BCUT2D eigenvalue weighted by molar-refractivity contribution is -0.123. The lowest BCUT2D eigenvalue weighted by Crippen LogP contribution is -2.27. The minimum Gasteiger partial charge on any atom is -0.490 e. The second kappa shape index (κ2) is 11.4. The fraction of sp³-hybridized carbons (Fsp3) is 0.148. The van der Waals surface area contributed by atoms with Gasteiger partial charge in [-0.25, -0.2) is 0 Å². The summed E-state index contributed by atoms with van der Waals surface area (Å²) in [4.78, 5) is 27.0. The van der Waals surface area contributed by atoms with Crippen LogP contribution in [-0.4, -0.2) is 22.7 Å². The number of amides is 2. The molecular formula is C27H21IN2O4S. The molecule has 8 heteroatoms. The fourth-order valence-corrected chi connectivity index (χ4v) is 4.67. The molecule has 0 aliphatic carbocycles. The van der Waals surface area contributed by atoms with E-state index >= 15 is 0 Å². The maximum atomic E-state index is 12.9. The van der Waals surface area contributed by atoms with Gasteiger partial charge in [0.25, 0.3) is 11.1 Å². The van der Waals surface area contributed by atoms with E-state index in [1.807, 2.05) is 49.4 Å². The summed E-state index contributed by atoms with van der Waals surface area (Å²) in [6, 6.07) is 22.5. The molecule has 1 heterocycles. The van der Waals surface area contributed by atoms with Gasteiger partial charge in [0, 0.05) is 9.13 Å². The van der Waals surface area contributed by atoms with E-state index < -0.39 is 0 Å². The Kier molecular flexibility index (Phi) is 8.10. The van der Waals surface area contributed by atoms with Crippen molar-refractivity contribution in [2.45, 2.75) is 20.1 Å². The third kappa shape index (κ3) is 6.05. The number of benzene rings is 3. The molecule has 1 fully saturated rings. The molecular weight excluding hydrogens is 575 g/mol. The molecule has 0 unspecified atom stereocenters. The van der Waals surface area contributed by atoms with Crippen LogP contribution in [0.5, 0.6) is 11.5 Å². The number of nitrogens with zero attached hydrogens (tertiary/aromatic N) is 2. The quantitative estimate of drug-likeness (QED) is 0.222. The molecule has 1 saturated heterocycles. The van der Waals surface area contributed by atoms with Crippen molar-refractivity contribution in [1.29, 1.82) is 5.26 Å². The lowest BCUT2D eigenvalue weighted by atomic mass is 10.1. The number of carbonyl (C=O) groups excluding carboxylic acids is 2. The van der Waals surface area contributed by atoms with Gasteiger partial charge in [-0.15, -0.1) is 0 Å². The molecule has 0 radical (unpaired) electrons. The highest BCUT2D eigenvalue weighted by Gasteiger charge is 2.35. The Morgan fingerprint density at radius 2 is 1.80 bits per heavy atom. The summed E-state index contributed by atoms with van der Waals surface area (Å²) >= 11 is 3.14. The summed E-state index contributed by atoms with van der Waals surface area (Å²) in [7, 11) is 0. The minimum atomic E-state index is -0.315. The third-order valence-corrected chi connectivity index (χ3v) is 6.84. The molecule has 0 aromatic heterocycles. The first-order valence-corrected chi connectivity index (χ1v) is 12.8. The summed E-state index contributed by atoms with van der Waals surface area (Å²) in [5, 5.41) is 8.99. The Balaban J connectivity index is 1.51. The molecule has 6 nitrogen and oxygen atoms in total. The highest BCUT2D eigenvalue weighted by atomic mass is 127. The smallest absolute Gasteiger partial charge is 0.293 e. The Morgan fingerprint density at radius 3 is 2.54 bits per heavy atom. The van der Waals surface area contributed by atoms with Gasteiger partial charge in [-0.2, -0.15) is 5.26 Å². The summed E-state index contributed by atoms with van der Waals surface area (Å²) in [5.74, 6) is 0.738. The number of rotatable bonds is 8. The number of hydrogen-bond acceptors (Lipinski definition) is 6. The largest absolute Gasteiger partial charge is 0.490 e. The van der Waals surface area contributed by atoms with E-state index in [9.17, 15) is 14.9 Å². The van der Waals surface area contributed by atoms with Crippen molar-refractivity contribution in [1.82, 2.24) is 4.90 Å². The number of imide groups is 1. The van der Waals surface area contributed by atoms with Crippen molar-refractivity contribution in [3.8, 4) is 17.6 Å². The van der Waals surface area contributed by atoms with E-state index in [4.69, 9.17) is 9.47 Å².